The molecule has 0 aliphatic rings. The Labute approximate surface area is 339 Å². The predicted molar refractivity (Wildman–Crippen MR) is 246 cm³/mol. The van der Waals surface area contributed by atoms with Gasteiger partial charge in [-0.2, -0.15) is 0 Å². The first-order chi connectivity index (χ1) is 28.2. The van der Waals surface area contributed by atoms with Crippen molar-refractivity contribution in [2.45, 2.75) is 0 Å². The normalized spacial score (nSPS) is 11.9. The van der Waals surface area contributed by atoms with Crippen LogP contribution in [0.1, 0.15) is 0 Å². The van der Waals surface area contributed by atoms with Crippen molar-refractivity contribution in [1.29, 1.82) is 0 Å². The SMILES string of the molecule is c1ccc(-c2nc(-c3ccccc3)nc(-c3cccc4sc5cc(-c6ccc(-c7cccc8c7sc7ccccc78)c7sc8ccccc8c67)ccc5c34)n2)cc1. The Kier molecular flexibility index (Phi) is 7.45. The highest BCUT2D eigenvalue weighted by molar-refractivity contribution is 7.27. The third kappa shape index (κ3) is 5.26. The van der Waals surface area contributed by atoms with Gasteiger partial charge < -0.3 is 0 Å². The fraction of sp³-hybridized carbons (Fsp3) is 0. The topological polar surface area (TPSA) is 38.7 Å². The molecule has 0 saturated heterocycles. The van der Waals surface area contributed by atoms with E-state index in [1.54, 1.807) is 0 Å². The average Bonchev–Trinajstić information content (AvgIpc) is 3.98. The molecule has 0 unspecified atom stereocenters. The summed E-state index contributed by atoms with van der Waals surface area (Å²) in [6, 6.07) is 63.0. The quantitative estimate of drug-likeness (QED) is 0.175. The number of benzene rings is 8. The molecule has 57 heavy (non-hydrogen) atoms. The molecule has 8 aromatic carbocycles. The van der Waals surface area contributed by atoms with Gasteiger partial charge in [0.15, 0.2) is 17.5 Å². The highest BCUT2D eigenvalue weighted by Gasteiger charge is 2.21. The van der Waals surface area contributed by atoms with Gasteiger partial charge in [0.05, 0.1) is 0 Å². The molecule has 0 spiro atoms. The number of hydrogen-bond donors (Lipinski definition) is 0. The summed E-state index contributed by atoms with van der Waals surface area (Å²) < 4.78 is 7.75. The fourth-order valence-electron chi connectivity index (χ4n) is 8.35. The fourth-order valence-corrected chi connectivity index (χ4v) is 12.0. The standard InChI is InChI=1S/C51H29N3S3/c1-3-13-30(14-4-1)49-52-50(31-15-5-2-6-16-31)54-51(53-49)40-21-12-24-43-45(40)39-26-25-32(29-44(39)55-43)33-27-28-37(48-46(33)38-18-8-10-23-42(38)57-48)36-20-11-19-35-34-17-7-9-22-41(34)56-47(35)36/h1-29H. The second-order valence-corrected chi connectivity index (χ2v) is 17.5. The number of nitrogens with zero attached hydrogens (tertiary/aromatic N) is 3. The van der Waals surface area contributed by atoms with Gasteiger partial charge >= 0.3 is 0 Å². The third-order valence-corrected chi connectivity index (χ3v) is 14.5. The van der Waals surface area contributed by atoms with Gasteiger partial charge in [0, 0.05) is 88.3 Å². The molecule has 0 aliphatic carbocycles. The van der Waals surface area contributed by atoms with Crippen LogP contribution in [0.2, 0.25) is 0 Å². The lowest BCUT2D eigenvalue weighted by Crippen LogP contribution is -2.00. The summed E-state index contributed by atoms with van der Waals surface area (Å²) in [5.74, 6) is 2.00. The molecule has 0 radical (unpaired) electrons. The maximum Gasteiger partial charge on any atom is 0.164 e. The van der Waals surface area contributed by atoms with E-state index in [2.05, 4.69) is 140 Å². The molecule has 0 N–H and O–H groups in total. The van der Waals surface area contributed by atoms with Gasteiger partial charge in [0.2, 0.25) is 0 Å². The summed E-state index contributed by atoms with van der Waals surface area (Å²) >= 11 is 5.62. The number of hydrogen-bond acceptors (Lipinski definition) is 6. The van der Waals surface area contributed by atoms with E-state index in [1.165, 1.54) is 82.8 Å². The van der Waals surface area contributed by atoms with E-state index >= 15 is 0 Å². The third-order valence-electron chi connectivity index (χ3n) is 11.0. The zero-order chi connectivity index (χ0) is 37.5. The zero-order valence-corrected chi connectivity index (χ0v) is 32.8. The Morgan fingerprint density at radius 1 is 0.281 bits per heavy atom. The van der Waals surface area contributed by atoms with Gasteiger partial charge in [-0.15, -0.1) is 34.0 Å². The van der Waals surface area contributed by atoms with Gasteiger partial charge in [-0.25, -0.2) is 15.0 Å². The highest BCUT2D eigenvalue weighted by atomic mass is 32.1. The lowest BCUT2D eigenvalue weighted by molar-refractivity contribution is 1.08. The molecule has 4 aromatic heterocycles. The Bertz CT molecular complexity index is 3470. The summed E-state index contributed by atoms with van der Waals surface area (Å²) in [5, 5.41) is 7.65. The highest BCUT2D eigenvalue weighted by Crippen LogP contribution is 2.49. The van der Waals surface area contributed by atoms with E-state index in [4.69, 9.17) is 15.0 Å². The van der Waals surface area contributed by atoms with E-state index < -0.39 is 0 Å². The Morgan fingerprint density at radius 2 is 0.825 bits per heavy atom. The molecule has 12 aromatic rings. The molecule has 0 atom stereocenters. The van der Waals surface area contributed by atoms with Crippen LogP contribution in [-0.4, -0.2) is 15.0 Å². The van der Waals surface area contributed by atoms with Crippen molar-refractivity contribution in [3.63, 3.8) is 0 Å². The molecular weight excluding hydrogens is 751 g/mol. The van der Waals surface area contributed by atoms with E-state index in [0.29, 0.717) is 17.5 Å². The number of rotatable bonds is 5. The molecule has 0 amide bonds. The first-order valence-electron chi connectivity index (χ1n) is 18.9. The van der Waals surface area contributed by atoms with Gasteiger partial charge in [-0.05, 0) is 35.4 Å². The van der Waals surface area contributed by atoms with Crippen LogP contribution in [0.3, 0.4) is 0 Å². The summed E-state index contributed by atoms with van der Waals surface area (Å²) in [6.45, 7) is 0. The maximum absolute atomic E-state index is 5.11. The zero-order valence-electron chi connectivity index (χ0n) is 30.3. The van der Waals surface area contributed by atoms with Crippen LogP contribution in [0.5, 0.6) is 0 Å². The molecule has 266 valence electrons. The summed E-state index contributed by atoms with van der Waals surface area (Å²) in [7, 11) is 0. The summed E-state index contributed by atoms with van der Waals surface area (Å²) in [6.07, 6.45) is 0. The predicted octanol–water partition coefficient (Wildman–Crippen LogP) is 15.3. The average molecular weight is 780 g/mol. The van der Waals surface area contributed by atoms with Crippen molar-refractivity contribution in [3.8, 4) is 56.4 Å². The van der Waals surface area contributed by atoms with E-state index in [0.717, 1.165) is 16.7 Å². The molecule has 0 fully saturated rings. The Balaban J connectivity index is 1.04. The minimum Gasteiger partial charge on any atom is -0.208 e. The van der Waals surface area contributed by atoms with Crippen LogP contribution in [-0.2, 0) is 0 Å². The number of thiophene rings is 3. The van der Waals surface area contributed by atoms with E-state index in [-0.39, 0.29) is 0 Å². The van der Waals surface area contributed by atoms with Crippen LogP contribution in [0.15, 0.2) is 176 Å². The first-order valence-corrected chi connectivity index (χ1v) is 21.4. The minimum atomic E-state index is 0.664. The molecular formula is C51H29N3S3. The van der Waals surface area contributed by atoms with E-state index in [9.17, 15) is 0 Å². The van der Waals surface area contributed by atoms with Crippen molar-refractivity contribution >= 4 is 94.5 Å². The number of fused-ring (bicyclic) bond motifs is 9. The molecule has 4 heterocycles. The lowest BCUT2D eigenvalue weighted by Gasteiger charge is -2.11. The molecule has 0 saturated carbocycles. The molecule has 6 heteroatoms. The van der Waals surface area contributed by atoms with Gasteiger partial charge in [0.25, 0.3) is 0 Å². The molecule has 12 rings (SSSR count). The smallest absolute Gasteiger partial charge is 0.164 e. The molecule has 0 bridgehead atoms. The van der Waals surface area contributed by atoms with Gasteiger partial charge in [0.1, 0.15) is 0 Å². The molecule has 0 aliphatic heterocycles. The number of aromatic nitrogens is 3. The largest absolute Gasteiger partial charge is 0.208 e. The Hall–Kier alpha value is -6.57. The van der Waals surface area contributed by atoms with Crippen LogP contribution in [0.25, 0.3) is 117 Å². The Morgan fingerprint density at radius 3 is 1.60 bits per heavy atom. The summed E-state index contributed by atoms with van der Waals surface area (Å²) in [4.78, 5) is 15.2. The van der Waals surface area contributed by atoms with Gasteiger partial charge in [-0.1, -0.05) is 152 Å². The lowest BCUT2D eigenvalue weighted by atomic mass is 9.94. The molecule has 3 nitrogen and oxygen atoms in total. The van der Waals surface area contributed by atoms with Crippen molar-refractivity contribution in [1.82, 2.24) is 15.0 Å². The monoisotopic (exact) mass is 779 g/mol. The van der Waals surface area contributed by atoms with Crippen LogP contribution < -0.4 is 0 Å². The van der Waals surface area contributed by atoms with E-state index in [1.807, 2.05) is 70.4 Å². The van der Waals surface area contributed by atoms with Crippen LogP contribution in [0.4, 0.5) is 0 Å². The van der Waals surface area contributed by atoms with Crippen molar-refractivity contribution in [2.75, 3.05) is 0 Å². The maximum atomic E-state index is 5.11. The second kappa shape index (κ2) is 13.0. The summed E-state index contributed by atoms with van der Waals surface area (Å²) in [5.41, 5.74) is 8.00. The van der Waals surface area contributed by atoms with Crippen molar-refractivity contribution in [3.05, 3.63) is 176 Å². The first kappa shape index (κ1) is 32.7. The van der Waals surface area contributed by atoms with Crippen molar-refractivity contribution < 1.29 is 0 Å². The second-order valence-electron chi connectivity index (χ2n) is 14.3. The van der Waals surface area contributed by atoms with Crippen molar-refractivity contribution in [2.24, 2.45) is 0 Å². The minimum absolute atomic E-state index is 0.664. The van der Waals surface area contributed by atoms with Gasteiger partial charge in [-0.3, -0.25) is 0 Å². The van der Waals surface area contributed by atoms with Crippen LogP contribution in [0, 0.1) is 0 Å². The van der Waals surface area contributed by atoms with Crippen LogP contribution >= 0.6 is 34.0 Å².